The zero-order valence-corrected chi connectivity index (χ0v) is 15.2. The summed E-state index contributed by atoms with van der Waals surface area (Å²) in [6, 6.07) is 8.72. The fourth-order valence-corrected chi connectivity index (χ4v) is 3.79. The maximum Gasteiger partial charge on any atom is 0.253 e. The molecule has 1 saturated heterocycles. The van der Waals surface area contributed by atoms with Gasteiger partial charge in [0.25, 0.3) is 5.91 Å². The summed E-state index contributed by atoms with van der Waals surface area (Å²) in [7, 11) is 0. The molecule has 23 heavy (non-hydrogen) atoms. The summed E-state index contributed by atoms with van der Waals surface area (Å²) >= 11 is 1.60. The lowest BCUT2D eigenvalue weighted by Crippen LogP contribution is -2.56. The molecule has 1 aromatic carbocycles. The summed E-state index contributed by atoms with van der Waals surface area (Å²) in [5.74, 6) is 0.813. The van der Waals surface area contributed by atoms with Gasteiger partial charge in [-0.05, 0) is 44.5 Å². The summed E-state index contributed by atoms with van der Waals surface area (Å²) in [4.78, 5) is 18.3. The summed E-state index contributed by atoms with van der Waals surface area (Å²) in [6.45, 7) is 9.38. The van der Waals surface area contributed by atoms with Gasteiger partial charge >= 0.3 is 0 Å². The van der Waals surface area contributed by atoms with Crippen LogP contribution in [0.15, 0.2) is 29.2 Å². The third-order valence-electron chi connectivity index (χ3n) is 4.41. The van der Waals surface area contributed by atoms with Gasteiger partial charge in [-0.25, -0.2) is 0 Å². The summed E-state index contributed by atoms with van der Waals surface area (Å²) in [5, 5.41) is 8.86. The Kier molecular flexibility index (Phi) is 6.93. The number of benzene rings is 1. The van der Waals surface area contributed by atoms with Gasteiger partial charge in [-0.15, -0.1) is 11.8 Å². The van der Waals surface area contributed by atoms with Gasteiger partial charge < -0.3 is 10.0 Å². The molecule has 1 aliphatic heterocycles. The van der Waals surface area contributed by atoms with E-state index in [2.05, 4.69) is 25.7 Å². The highest BCUT2D eigenvalue weighted by Crippen LogP contribution is 2.21. The number of aliphatic hydroxyl groups excluding tert-OH is 1. The Hall–Kier alpha value is -1.04. The number of carbonyl (C=O) groups is 1. The van der Waals surface area contributed by atoms with Crippen molar-refractivity contribution in [3.05, 3.63) is 29.8 Å². The van der Waals surface area contributed by atoms with Gasteiger partial charge in [-0.1, -0.05) is 6.92 Å². The SMILES string of the molecule is CCC1CN(C(=O)c2ccc(SCCO)cc2)CCN1C(C)C. The summed E-state index contributed by atoms with van der Waals surface area (Å²) in [5.41, 5.74) is 0.756. The molecule has 2 rings (SSSR count). The quantitative estimate of drug-likeness (QED) is 0.811. The van der Waals surface area contributed by atoms with Gasteiger partial charge in [-0.2, -0.15) is 0 Å². The van der Waals surface area contributed by atoms with Crippen LogP contribution in [0.25, 0.3) is 0 Å². The normalized spacial score (nSPS) is 19.3. The molecule has 5 heteroatoms. The molecular weight excluding hydrogens is 308 g/mol. The highest BCUT2D eigenvalue weighted by atomic mass is 32.2. The van der Waals surface area contributed by atoms with Crippen LogP contribution in [0.5, 0.6) is 0 Å². The lowest BCUT2D eigenvalue weighted by atomic mass is 10.1. The van der Waals surface area contributed by atoms with E-state index in [0.717, 1.165) is 36.5 Å². The van der Waals surface area contributed by atoms with E-state index in [1.54, 1.807) is 11.8 Å². The molecular formula is C18H28N2O2S. The lowest BCUT2D eigenvalue weighted by Gasteiger charge is -2.43. The molecule has 1 heterocycles. The lowest BCUT2D eigenvalue weighted by molar-refractivity contribution is 0.0371. The number of rotatable bonds is 6. The van der Waals surface area contributed by atoms with E-state index in [4.69, 9.17) is 5.11 Å². The number of thioether (sulfide) groups is 1. The number of nitrogens with zero attached hydrogens (tertiary/aromatic N) is 2. The number of hydrogen-bond donors (Lipinski definition) is 1. The average Bonchev–Trinajstić information content (AvgIpc) is 2.59. The molecule has 0 bridgehead atoms. The second kappa shape index (κ2) is 8.71. The van der Waals surface area contributed by atoms with Gasteiger partial charge in [0.05, 0.1) is 6.61 Å². The molecule has 1 aliphatic rings. The molecule has 0 aromatic heterocycles. The van der Waals surface area contributed by atoms with Crippen molar-refractivity contribution in [3.8, 4) is 0 Å². The Bertz CT molecular complexity index is 504. The van der Waals surface area contributed by atoms with E-state index < -0.39 is 0 Å². The van der Waals surface area contributed by atoms with Crippen LogP contribution in [0.2, 0.25) is 0 Å². The van der Waals surface area contributed by atoms with E-state index in [-0.39, 0.29) is 12.5 Å². The van der Waals surface area contributed by atoms with Crippen LogP contribution in [-0.2, 0) is 0 Å². The Labute approximate surface area is 143 Å². The average molecular weight is 337 g/mol. The first-order valence-electron chi connectivity index (χ1n) is 8.45. The predicted molar refractivity (Wildman–Crippen MR) is 96.1 cm³/mol. The maximum atomic E-state index is 12.7. The Balaban J connectivity index is 2.00. The van der Waals surface area contributed by atoms with E-state index in [1.165, 1.54) is 0 Å². The van der Waals surface area contributed by atoms with Crippen molar-refractivity contribution in [2.45, 2.75) is 44.2 Å². The first-order chi connectivity index (χ1) is 11.1. The highest BCUT2D eigenvalue weighted by molar-refractivity contribution is 7.99. The third-order valence-corrected chi connectivity index (χ3v) is 5.40. The van der Waals surface area contributed by atoms with Crippen LogP contribution in [-0.4, -0.2) is 64.9 Å². The van der Waals surface area contributed by atoms with E-state index in [9.17, 15) is 4.79 Å². The van der Waals surface area contributed by atoms with Crippen LogP contribution in [0, 0.1) is 0 Å². The second-order valence-electron chi connectivity index (χ2n) is 6.24. The zero-order chi connectivity index (χ0) is 16.8. The van der Waals surface area contributed by atoms with Crippen LogP contribution >= 0.6 is 11.8 Å². The molecule has 1 N–H and O–H groups in total. The zero-order valence-electron chi connectivity index (χ0n) is 14.4. The smallest absolute Gasteiger partial charge is 0.253 e. The molecule has 1 fully saturated rings. The first kappa shape index (κ1) is 18.3. The van der Waals surface area contributed by atoms with Crippen molar-refractivity contribution < 1.29 is 9.90 Å². The molecule has 128 valence electrons. The molecule has 0 saturated carbocycles. The van der Waals surface area contributed by atoms with Crippen LogP contribution in [0.1, 0.15) is 37.6 Å². The van der Waals surface area contributed by atoms with E-state index >= 15 is 0 Å². The van der Waals surface area contributed by atoms with Crippen molar-refractivity contribution in [2.75, 3.05) is 32.0 Å². The maximum absolute atomic E-state index is 12.7. The first-order valence-corrected chi connectivity index (χ1v) is 9.44. The Morgan fingerprint density at radius 1 is 1.30 bits per heavy atom. The fraction of sp³-hybridized carbons (Fsp3) is 0.611. The Morgan fingerprint density at radius 3 is 2.57 bits per heavy atom. The number of amides is 1. The highest BCUT2D eigenvalue weighted by Gasteiger charge is 2.30. The molecule has 0 radical (unpaired) electrons. The van der Waals surface area contributed by atoms with E-state index in [0.29, 0.717) is 17.8 Å². The molecule has 0 spiro atoms. The minimum absolute atomic E-state index is 0.130. The summed E-state index contributed by atoms with van der Waals surface area (Å²) in [6.07, 6.45) is 1.07. The number of carbonyl (C=O) groups excluding carboxylic acids is 1. The van der Waals surface area contributed by atoms with Gasteiger partial charge in [0, 0.05) is 47.9 Å². The molecule has 1 atom stereocenters. The predicted octanol–water partition coefficient (Wildman–Crippen LogP) is 2.72. The van der Waals surface area contributed by atoms with Gasteiger partial charge in [0.2, 0.25) is 0 Å². The fourth-order valence-electron chi connectivity index (χ4n) is 3.14. The van der Waals surface area contributed by atoms with Crippen molar-refractivity contribution in [3.63, 3.8) is 0 Å². The van der Waals surface area contributed by atoms with Crippen LogP contribution in [0.4, 0.5) is 0 Å². The van der Waals surface area contributed by atoms with Crippen molar-refractivity contribution in [1.29, 1.82) is 0 Å². The van der Waals surface area contributed by atoms with Crippen LogP contribution in [0.3, 0.4) is 0 Å². The topological polar surface area (TPSA) is 43.8 Å². The van der Waals surface area contributed by atoms with Gasteiger partial charge in [0.15, 0.2) is 0 Å². The molecule has 1 amide bonds. The second-order valence-corrected chi connectivity index (χ2v) is 7.41. The molecule has 0 aliphatic carbocycles. The number of aliphatic hydroxyl groups is 1. The van der Waals surface area contributed by atoms with Gasteiger partial charge in [0.1, 0.15) is 0 Å². The standard InChI is InChI=1S/C18H28N2O2S/c1-4-16-13-19(9-10-20(16)14(2)3)18(22)15-5-7-17(8-6-15)23-12-11-21/h5-8,14,16,21H,4,9-13H2,1-3H3. The minimum atomic E-state index is 0.130. The largest absolute Gasteiger partial charge is 0.396 e. The summed E-state index contributed by atoms with van der Waals surface area (Å²) < 4.78 is 0. The monoisotopic (exact) mass is 336 g/mol. The van der Waals surface area contributed by atoms with Crippen molar-refractivity contribution in [2.24, 2.45) is 0 Å². The third kappa shape index (κ3) is 4.72. The van der Waals surface area contributed by atoms with Crippen molar-refractivity contribution >= 4 is 17.7 Å². The Morgan fingerprint density at radius 2 is 2.00 bits per heavy atom. The number of piperazine rings is 1. The van der Waals surface area contributed by atoms with Crippen LogP contribution < -0.4 is 0 Å². The minimum Gasteiger partial charge on any atom is -0.396 e. The van der Waals surface area contributed by atoms with Gasteiger partial charge in [-0.3, -0.25) is 9.69 Å². The number of hydrogen-bond acceptors (Lipinski definition) is 4. The van der Waals surface area contributed by atoms with Crippen molar-refractivity contribution in [1.82, 2.24) is 9.80 Å². The molecule has 1 aromatic rings. The van der Waals surface area contributed by atoms with E-state index in [1.807, 2.05) is 29.2 Å². The molecule has 4 nitrogen and oxygen atoms in total. The molecule has 1 unspecified atom stereocenters.